The van der Waals surface area contributed by atoms with Crippen molar-refractivity contribution in [2.24, 2.45) is 0 Å². The summed E-state index contributed by atoms with van der Waals surface area (Å²) in [6.45, 7) is 3.56. The van der Waals surface area contributed by atoms with Crippen LogP contribution in [0.15, 0.2) is 24.4 Å². The summed E-state index contributed by atoms with van der Waals surface area (Å²) in [6.07, 6.45) is 1.58. The van der Waals surface area contributed by atoms with Crippen molar-refractivity contribution in [3.63, 3.8) is 0 Å². The highest BCUT2D eigenvalue weighted by Gasteiger charge is 2.13. The van der Waals surface area contributed by atoms with Crippen molar-refractivity contribution in [2.75, 3.05) is 5.32 Å². The van der Waals surface area contributed by atoms with E-state index < -0.39 is 11.7 Å². The third kappa shape index (κ3) is 2.33. The molecule has 2 N–H and O–H groups in total. The maximum Gasteiger partial charge on any atom is 0.259 e. The van der Waals surface area contributed by atoms with Crippen molar-refractivity contribution in [3.8, 4) is 0 Å². The first-order valence-corrected chi connectivity index (χ1v) is 5.15. The van der Waals surface area contributed by atoms with Crippen LogP contribution in [0.25, 0.3) is 0 Å². The number of aromatic nitrogens is 2. The molecule has 88 valence electrons. The van der Waals surface area contributed by atoms with Gasteiger partial charge in [-0.05, 0) is 31.5 Å². The van der Waals surface area contributed by atoms with E-state index in [0.29, 0.717) is 5.82 Å². The molecule has 0 aliphatic rings. The summed E-state index contributed by atoms with van der Waals surface area (Å²) in [6, 6.07) is 4.48. The van der Waals surface area contributed by atoms with Crippen LogP contribution in [0.4, 0.5) is 10.2 Å². The molecule has 0 aliphatic heterocycles. The summed E-state index contributed by atoms with van der Waals surface area (Å²) < 4.78 is 13.5. The third-order valence-electron chi connectivity index (χ3n) is 2.44. The molecular formula is C12H12FN3O. The molecule has 0 bridgehead atoms. The van der Waals surface area contributed by atoms with Gasteiger partial charge in [0.2, 0.25) is 0 Å². The normalized spacial score (nSPS) is 10.3. The molecule has 1 heterocycles. The second-order valence-electron chi connectivity index (χ2n) is 3.87. The van der Waals surface area contributed by atoms with Gasteiger partial charge in [-0.2, -0.15) is 5.10 Å². The predicted molar refractivity (Wildman–Crippen MR) is 62.4 cm³/mol. The Morgan fingerprint density at radius 3 is 2.76 bits per heavy atom. The van der Waals surface area contributed by atoms with Crippen LogP contribution in [-0.2, 0) is 0 Å². The number of rotatable bonds is 2. The van der Waals surface area contributed by atoms with Crippen LogP contribution in [0, 0.1) is 19.7 Å². The van der Waals surface area contributed by atoms with E-state index >= 15 is 0 Å². The van der Waals surface area contributed by atoms with E-state index in [9.17, 15) is 9.18 Å². The van der Waals surface area contributed by atoms with Crippen molar-refractivity contribution in [1.29, 1.82) is 0 Å². The van der Waals surface area contributed by atoms with Crippen LogP contribution >= 0.6 is 0 Å². The topological polar surface area (TPSA) is 57.8 Å². The molecule has 2 rings (SSSR count). The van der Waals surface area contributed by atoms with Gasteiger partial charge >= 0.3 is 0 Å². The quantitative estimate of drug-likeness (QED) is 0.836. The number of carbonyl (C=O) groups is 1. The molecule has 0 saturated carbocycles. The van der Waals surface area contributed by atoms with Gasteiger partial charge in [0.1, 0.15) is 11.6 Å². The van der Waals surface area contributed by atoms with Crippen molar-refractivity contribution in [2.45, 2.75) is 13.8 Å². The maximum absolute atomic E-state index is 13.5. The first-order chi connectivity index (χ1) is 8.08. The van der Waals surface area contributed by atoms with Gasteiger partial charge in [-0.1, -0.05) is 6.07 Å². The van der Waals surface area contributed by atoms with Gasteiger partial charge in [0.25, 0.3) is 5.91 Å². The number of nitrogens with zero attached hydrogens (tertiary/aromatic N) is 1. The minimum atomic E-state index is -0.528. The Bertz CT molecular complexity index is 563. The highest BCUT2D eigenvalue weighted by Crippen LogP contribution is 2.14. The molecule has 0 atom stereocenters. The van der Waals surface area contributed by atoms with Gasteiger partial charge in [0, 0.05) is 5.56 Å². The van der Waals surface area contributed by atoms with Gasteiger partial charge in [0.15, 0.2) is 0 Å². The standard InChI is InChI=1S/C12H12FN3O/c1-7-3-4-9(10(13)5-7)12(17)15-11-8(2)6-14-16-11/h3-6H,1-2H3,(H2,14,15,16,17). The molecule has 0 fully saturated rings. The summed E-state index contributed by atoms with van der Waals surface area (Å²) in [4.78, 5) is 11.8. The predicted octanol–water partition coefficient (Wildman–Crippen LogP) is 2.42. The number of halogens is 1. The van der Waals surface area contributed by atoms with Gasteiger partial charge in [0.05, 0.1) is 11.8 Å². The molecule has 17 heavy (non-hydrogen) atoms. The number of hydrogen-bond donors (Lipinski definition) is 2. The van der Waals surface area contributed by atoms with E-state index in [0.717, 1.165) is 11.1 Å². The fourth-order valence-corrected chi connectivity index (χ4v) is 1.46. The number of hydrogen-bond acceptors (Lipinski definition) is 2. The van der Waals surface area contributed by atoms with Crippen LogP contribution in [0.1, 0.15) is 21.5 Å². The molecule has 1 aromatic heterocycles. The third-order valence-corrected chi connectivity index (χ3v) is 2.44. The van der Waals surface area contributed by atoms with E-state index in [1.165, 1.54) is 12.1 Å². The van der Waals surface area contributed by atoms with Gasteiger partial charge in [-0.15, -0.1) is 0 Å². The molecule has 1 amide bonds. The highest BCUT2D eigenvalue weighted by atomic mass is 19.1. The molecule has 0 saturated heterocycles. The fourth-order valence-electron chi connectivity index (χ4n) is 1.46. The number of anilines is 1. The summed E-state index contributed by atoms with van der Waals surface area (Å²) in [5.74, 6) is -0.538. The lowest BCUT2D eigenvalue weighted by Crippen LogP contribution is -2.14. The smallest absolute Gasteiger partial charge is 0.259 e. The SMILES string of the molecule is Cc1ccc(C(=O)Nc2[nH]ncc2C)c(F)c1. The van der Waals surface area contributed by atoms with E-state index in [1.807, 2.05) is 0 Å². The van der Waals surface area contributed by atoms with Crippen molar-refractivity contribution in [3.05, 3.63) is 46.9 Å². The number of nitrogens with one attached hydrogen (secondary N) is 2. The number of aryl methyl sites for hydroxylation is 2. The van der Waals surface area contributed by atoms with Crippen molar-refractivity contribution >= 4 is 11.7 Å². The lowest BCUT2D eigenvalue weighted by molar-refractivity contribution is 0.102. The summed E-state index contributed by atoms with van der Waals surface area (Å²) >= 11 is 0. The first-order valence-electron chi connectivity index (χ1n) is 5.15. The van der Waals surface area contributed by atoms with Crippen LogP contribution in [-0.4, -0.2) is 16.1 Å². The van der Waals surface area contributed by atoms with Gasteiger partial charge in [-0.3, -0.25) is 9.89 Å². The lowest BCUT2D eigenvalue weighted by Gasteiger charge is -2.05. The van der Waals surface area contributed by atoms with Crippen LogP contribution < -0.4 is 5.32 Å². The number of carbonyl (C=O) groups excluding carboxylic acids is 1. The second-order valence-corrected chi connectivity index (χ2v) is 3.87. The molecule has 1 aromatic carbocycles. The number of aromatic amines is 1. The zero-order valence-corrected chi connectivity index (χ0v) is 9.54. The Hall–Kier alpha value is -2.17. The van der Waals surface area contributed by atoms with Crippen LogP contribution in [0.2, 0.25) is 0 Å². The van der Waals surface area contributed by atoms with Crippen molar-refractivity contribution in [1.82, 2.24) is 10.2 Å². The van der Waals surface area contributed by atoms with Crippen LogP contribution in [0.3, 0.4) is 0 Å². The average Bonchev–Trinajstić information content (AvgIpc) is 2.64. The summed E-state index contributed by atoms with van der Waals surface area (Å²) in [5.41, 5.74) is 1.59. The molecule has 0 aliphatic carbocycles. The Balaban J connectivity index is 2.23. The number of H-pyrrole nitrogens is 1. The number of benzene rings is 1. The van der Waals surface area contributed by atoms with E-state index in [4.69, 9.17) is 0 Å². The molecule has 2 aromatic rings. The summed E-state index contributed by atoms with van der Waals surface area (Å²) in [5, 5.41) is 8.97. The monoisotopic (exact) mass is 233 g/mol. The minimum Gasteiger partial charge on any atom is -0.307 e. The maximum atomic E-state index is 13.5. The van der Waals surface area contributed by atoms with Crippen molar-refractivity contribution < 1.29 is 9.18 Å². The Kier molecular flexibility index (Phi) is 2.91. The molecule has 5 heteroatoms. The summed E-state index contributed by atoms with van der Waals surface area (Å²) in [7, 11) is 0. The van der Waals surface area contributed by atoms with Gasteiger partial charge < -0.3 is 5.32 Å². The number of amides is 1. The minimum absolute atomic E-state index is 0.0181. The molecule has 0 radical (unpaired) electrons. The Labute approximate surface area is 97.9 Å². The van der Waals surface area contributed by atoms with E-state index in [-0.39, 0.29) is 5.56 Å². The zero-order valence-electron chi connectivity index (χ0n) is 9.54. The van der Waals surface area contributed by atoms with E-state index in [1.54, 1.807) is 26.1 Å². The molecule has 0 spiro atoms. The van der Waals surface area contributed by atoms with E-state index in [2.05, 4.69) is 15.5 Å². The zero-order chi connectivity index (χ0) is 12.4. The Morgan fingerprint density at radius 1 is 1.41 bits per heavy atom. The average molecular weight is 233 g/mol. The molecule has 0 unspecified atom stereocenters. The molecule has 4 nitrogen and oxygen atoms in total. The fraction of sp³-hybridized carbons (Fsp3) is 0.167. The first kappa shape index (κ1) is 11.3. The van der Waals surface area contributed by atoms with Gasteiger partial charge in [-0.25, -0.2) is 4.39 Å². The highest BCUT2D eigenvalue weighted by molar-refractivity contribution is 6.04. The molecular weight excluding hydrogens is 221 g/mol. The largest absolute Gasteiger partial charge is 0.307 e. The Morgan fingerprint density at radius 2 is 2.18 bits per heavy atom. The lowest BCUT2D eigenvalue weighted by atomic mass is 10.1. The van der Waals surface area contributed by atoms with Crippen LogP contribution in [0.5, 0.6) is 0 Å². The second kappa shape index (κ2) is 4.37.